The second-order valence-electron chi connectivity index (χ2n) is 3.94. The van der Waals surface area contributed by atoms with Gasteiger partial charge in [0.25, 0.3) is 0 Å². The Balaban J connectivity index is 1.92. The summed E-state index contributed by atoms with van der Waals surface area (Å²) in [5.74, 6) is -0.182. The van der Waals surface area contributed by atoms with E-state index >= 15 is 0 Å². The Morgan fingerprint density at radius 3 is 2.61 bits per heavy atom. The molecule has 0 saturated heterocycles. The minimum absolute atomic E-state index is 0.182. The molecule has 0 aliphatic heterocycles. The van der Waals surface area contributed by atoms with Crippen LogP contribution in [0.1, 0.15) is 11.1 Å². The van der Waals surface area contributed by atoms with Gasteiger partial charge in [0.2, 0.25) is 0 Å². The summed E-state index contributed by atoms with van der Waals surface area (Å²) < 4.78 is 14.2. The molecule has 0 amide bonds. The predicted octanol–water partition coefficient (Wildman–Crippen LogP) is 4.53. The van der Waals surface area contributed by atoms with Gasteiger partial charge in [0, 0.05) is 23.1 Å². The Morgan fingerprint density at radius 2 is 1.89 bits per heavy atom. The van der Waals surface area contributed by atoms with Gasteiger partial charge < -0.3 is 5.32 Å². The highest BCUT2D eigenvalue weighted by Crippen LogP contribution is 2.23. The van der Waals surface area contributed by atoms with E-state index in [0.717, 1.165) is 10.0 Å². The zero-order chi connectivity index (χ0) is 13.0. The quantitative estimate of drug-likeness (QED) is 0.869. The van der Waals surface area contributed by atoms with Gasteiger partial charge >= 0.3 is 0 Å². The van der Waals surface area contributed by atoms with E-state index in [0.29, 0.717) is 23.7 Å². The van der Waals surface area contributed by atoms with Gasteiger partial charge in [-0.15, -0.1) is 0 Å². The van der Waals surface area contributed by atoms with E-state index in [4.69, 9.17) is 11.6 Å². The Morgan fingerprint density at radius 1 is 1.11 bits per heavy atom. The lowest BCUT2D eigenvalue weighted by Crippen LogP contribution is -2.13. The minimum atomic E-state index is -0.182. The Hall–Kier alpha value is -0.900. The molecule has 0 bridgehead atoms. The van der Waals surface area contributed by atoms with Gasteiger partial charge in [0.1, 0.15) is 5.82 Å². The van der Waals surface area contributed by atoms with Gasteiger partial charge in [0.05, 0.1) is 5.02 Å². The van der Waals surface area contributed by atoms with Crippen molar-refractivity contribution in [1.82, 2.24) is 5.32 Å². The molecule has 0 unspecified atom stereocenters. The van der Waals surface area contributed by atoms with Crippen molar-refractivity contribution in [3.8, 4) is 0 Å². The van der Waals surface area contributed by atoms with Crippen LogP contribution in [0.5, 0.6) is 0 Å². The molecule has 0 fully saturated rings. The van der Waals surface area contributed by atoms with Gasteiger partial charge in [-0.2, -0.15) is 0 Å². The highest BCUT2D eigenvalue weighted by Gasteiger charge is 2.01. The molecule has 0 heterocycles. The van der Waals surface area contributed by atoms with Crippen molar-refractivity contribution in [1.29, 1.82) is 0 Å². The zero-order valence-electron chi connectivity index (χ0n) is 9.59. The van der Waals surface area contributed by atoms with Crippen LogP contribution in [0.3, 0.4) is 0 Å². The van der Waals surface area contributed by atoms with E-state index in [1.54, 1.807) is 12.1 Å². The summed E-state index contributed by atoms with van der Waals surface area (Å²) in [5, 5.41) is 3.87. The fraction of sp³-hybridized carbons (Fsp3) is 0.143. The molecular weight excluding hydrogens is 317 g/mol. The highest BCUT2D eigenvalue weighted by molar-refractivity contribution is 9.10. The van der Waals surface area contributed by atoms with Crippen molar-refractivity contribution in [2.75, 3.05) is 0 Å². The van der Waals surface area contributed by atoms with Crippen molar-refractivity contribution in [2.45, 2.75) is 13.1 Å². The van der Waals surface area contributed by atoms with Gasteiger partial charge in [-0.3, -0.25) is 0 Å². The smallest absolute Gasteiger partial charge is 0.127 e. The van der Waals surface area contributed by atoms with E-state index < -0.39 is 0 Å². The molecule has 0 atom stereocenters. The van der Waals surface area contributed by atoms with Gasteiger partial charge in [-0.05, 0) is 39.7 Å². The summed E-state index contributed by atoms with van der Waals surface area (Å²) >= 11 is 9.34. The first-order chi connectivity index (χ1) is 8.66. The van der Waals surface area contributed by atoms with E-state index in [1.165, 1.54) is 6.07 Å². The number of nitrogens with one attached hydrogen (secondary N) is 1. The lowest BCUT2D eigenvalue weighted by Gasteiger charge is -2.07. The van der Waals surface area contributed by atoms with Crippen LogP contribution in [0.15, 0.2) is 46.9 Å². The third kappa shape index (κ3) is 3.55. The Labute approximate surface area is 119 Å². The summed E-state index contributed by atoms with van der Waals surface area (Å²) in [6.45, 7) is 1.15. The fourth-order valence-corrected chi connectivity index (χ4v) is 2.08. The molecule has 2 rings (SSSR count). The number of halogens is 3. The second-order valence-corrected chi connectivity index (χ2v) is 5.20. The first-order valence-corrected chi connectivity index (χ1v) is 6.72. The zero-order valence-corrected chi connectivity index (χ0v) is 11.9. The number of hydrogen-bond donors (Lipinski definition) is 1. The summed E-state index contributed by atoms with van der Waals surface area (Å²) in [7, 11) is 0. The molecule has 0 spiro atoms. The topological polar surface area (TPSA) is 12.0 Å². The van der Waals surface area contributed by atoms with Gasteiger partial charge in [-0.1, -0.05) is 35.9 Å². The molecule has 0 aromatic heterocycles. The largest absolute Gasteiger partial charge is 0.309 e. The van der Waals surface area contributed by atoms with E-state index in [1.807, 2.05) is 24.3 Å². The standard InChI is InChI=1S/C14H12BrClFN/c15-12-6-5-10(7-13(12)16)8-18-9-11-3-1-2-4-14(11)17/h1-7,18H,8-9H2. The van der Waals surface area contributed by atoms with E-state index in [9.17, 15) is 4.39 Å². The monoisotopic (exact) mass is 327 g/mol. The SMILES string of the molecule is Fc1ccccc1CNCc1ccc(Br)c(Cl)c1. The Bertz CT molecular complexity index is 545. The van der Waals surface area contributed by atoms with Crippen LogP contribution in [-0.4, -0.2) is 0 Å². The Kier molecular flexibility index (Phi) is 4.75. The minimum Gasteiger partial charge on any atom is -0.309 e. The van der Waals surface area contributed by atoms with Crippen LogP contribution in [0, 0.1) is 5.82 Å². The summed E-state index contributed by atoms with van der Waals surface area (Å²) in [5.41, 5.74) is 1.74. The van der Waals surface area contributed by atoms with E-state index in [-0.39, 0.29) is 5.82 Å². The molecule has 2 aromatic rings. The summed E-state index contributed by atoms with van der Waals surface area (Å²) in [4.78, 5) is 0. The van der Waals surface area contributed by atoms with Crippen LogP contribution in [-0.2, 0) is 13.1 Å². The van der Waals surface area contributed by atoms with Crippen LogP contribution < -0.4 is 5.32 Å². The summed E-state index contributed by atoms with van der Waals surface area (Å²) in [6, 6.07) is 12.5. The van der Waals surface area contributed by atoms with Crippen LogP contribution in [0.25, 0.3) is 0 Å². The molecule has 4 heteroatoms. The van der Waals surface area contributed by atoms with Crippen LogP contribution in [0.4, 0.5) is 4.39 Å². The molecule has 0 saturated carbocycles. The maximum atomic E-state index is 13.4. The predicted molar refractivity (Wildman–Crippen MR) is 76.1 cm³/mol. The van der Waals surface area contributed by atoms with Crippen molar-refractivity contribution in [3.63, 3.8) is 0 Å². The molecule has 1 N–H and O–H groups in total. The summed E-state index contributed by atoms with van der Waals surface area (Å²) in [6.07, 6.45) is 0. The first-order valence-electron chi connectivity index (χ1n) is 5.55. The highest BCUT2D eigenvalue weighted by atomic mass is 79.9. The van der Waals surface area contributed by atoms with Crippen LogP contribution >= 0.6 is 27.5 Å². The molecule has 18 heavy (non-hydrogen) atoms. The normalized spacial score (nSPS) is 10.6. The molecule has 2 aromatic carbocycles. The van der Waals surface area contributed by atoms with Crippen molar-refractivity contribution >= 4 is 27.5 Å². The third-order valence-electron chi connectivity index (χ3n) is 2.59. The van der Waals surface area contributed by atoms with Crippen molar-refractivity contribution in [2.24, 2.45) is 0 Å². The van der Waals surface area contributed by atoms with Crippen molar-refractivity contribution < 1.29 is 4.39 Å². The molecule has 94 valence electrons. The number of hydrogen-bond acceptors (Lipinski definition) is 1. The lowest BCUT2D eigenvalue weighted by molar-refractivity contribution is 0.588. The first kappa shape index (κ1) is 13.5. The van der Waals surface area contributed by atoms with Gasteiger partial charge in [0.15, 0.2) is 0 Å². The number of benzene rings is 2. The fourth-order valence-electron chi connectivity index (χ4n) is 1.63. The molecule has 0 radical (unpaired) electrons. The lowest BCUT2D eigenvalue weighted by atomic mass is 10.2. The average molecular weight is 329 g/mol. The second kappa shape index (κ2) is 6.32. The van der Waals surface area contributed by atoms with Gasteiger partial charge in [-0.25, -0.2) is 4.39 Å². The van der Waals surface area contributed by atoms with Crippen molar-refractivity contribution in [3.05, 3.63) is 68.9 Å². The van der Waals surface area contributed by atoms with Crippen LogP contribution in [0.2, 0.25) is 5.02 Å². The third-order valence-corrected chi connectivity index (χ3v) is 3.82. The number of rotatable bonds is 4. The molecule has 0 aliphatic rings. The van der Waals surface area contributed by atoms with E-state index in [2.05, 4.69) is 21.2 Å². The maximum Gasteiger partial charge on any atom is 0.127 e. The molecular formula is C14H12BrClFN. The maximum absolute atomic E-state index is 13.4. The molecule has 1 nitrogen and oxygen atoms in total. The average Bonchev–Trinajstić information content (AvgIpc) is 2.36. The molecule has 0 aliphatic carbocycles.